The number of hydrogen-bond acceptors (Lipinski definition) is 6. The second-order valence-electron chi connectivity index (χ2n) is 8.21. The number of aromatic nitrogens is 3. The third kappa shape index (κ3) is 3.31. The van der Waals surface area contributed by atoms with Crippen molar-refractivity contribution in [1.82, 2.24) is 19.5 Å². The van der Waals surface area contributed by atoms with Crippen molar-refractivity contribution in [2.75, 3.05) is 25.9 Å². The van der Waals surface area contributed by atoms with Crippen LogP contribution in [-0.4, -0.2) is 45.6 Å². The fourth-order valence-electron chi connectivity index (χ4n) is 4.67. The number of amides is 1. The van der Waals surface area contributed by atoms with Gasteiger partial charge in [0.15, 0.2) is 5.82 Å². The first-order valence-corrected chi connectivity index (χ1v) is 11.4. The van der Waals surface area contributed by atoms with E-state index in [-0.39, 0.29) is 11.8 Å². The number of carbonyl (C=O) groups is 1. The molecular weight excluding hydrogens is 422 g/mol. The number of nitrogens with zero attached hydrogens (tertiary/aromatic N) is 4. The smallest absolute Gasteiger partial charge is 0.245 e. The second kappa shape index (κ2) is 7.94. The summed E-state index contributed by atoms with van der Waals surface area (Å²) in [6, 6.07) is 8.56. The summed E-state index contributed by atoms with van der Waals surface area (Å²) in [6.45, 7) is 7.10. The minimum Gasteiger partial charge on any atom is -0.495 e. The van der Waals surface area contributed by atoms with Gasteiger partial charge in [-0.3, -0.25) is 4.79 Å². The lowest BCUT2D eigenvalue weighted by atomic mass is 9.94. The molecule has 7 nitrogen and oxygen atoms in total. The van der Waals surface area contributed by atoms with E-state index in [1.54, 1.807) is 18.4 Å². The SMILES string of the molecule is C=CC(=O)N1CCCC(c2cc(-c3cc4cc(C)cc(OC)c4s3)c3c(N)ncnn23)C1. The monoisotopic (exact) mass is 447 g/mol. The molecule has 5 rings (SSSR count). The number of hydrogen-bond donors (Lipinski definition) is 1. The summed E-state index contributed by atoms with van der Waals surface area (Å²) < 4.78 is 8.63. The van der Waals surface area contributed by atoms with Crippen LogP contribution in [0.5, 0.6) is 5.75 Å². The van der Waals surface area contributed by atoms with Crippen LogP contribution in [0.2, 0.25) is 0 Å². The Morgan fingerprint density at radius 2 is 2.19 bits per heavy atom. The standard InChI is InChI=1S/C24H25N5O2S/c1-4-21(30)28-7-5-6-15(12-28)18-11-17(22-24(25)26-13-27-29(18)22)20-10-16-8-14(2)9-19(31-3)23(16)32-20/h4,8-11,13,15H,1,5-7,12H2,2-3H3,(H2,25,26,27). The van der Waals surface area contributed by atoms with Crippen molar-refractivity contribution in [2.45, 2.75) is 25.7 Å². The number of thiophene rings is 1. The van der Waals surface area contributed by atoms with Crippen molar-refractivity contribution in [1.29, 1.82) is 0 Å². The molecule has 0 spiro atoms. The number of methoxy groups -OCH3 is 1. The molecule has 0 saturated carbocycles. The Morgan fingerprint density at radius 1 is 1.34 bits per heavy atom. The van der Waals surface area contributed by atoms with Crippen LogP contribution in [0.25, 0.3) is 26.0 Å². The van der Waals surface area contributed by atoms with Gasteiger partial charge in [-0.2, -0.15) is 5.10 Å². The number of anilines is 1. The number of nitrogen functional groups attached to an aromatic ring is 1. The Morgan fingerprint density at radius 3 is 2.97 bits per heavy atom. The fourth-order valence-corrected chi connectivity index (χ4v) is 5.82. The van der Waals surface area contributed by atoms with Crippen molar-refractivity contribution in [3.63, 3.8) is 0 Å². The summed E-state index contributed by atoms with van der Waals surface area (Å²) in [5.74, 6) is 1.44. The van der Waals surface area contributed by atoms with E-state index in [0.717, 1.165) is 62.4 Å². The number of rotatable bonds is 4. The first-order chi connectivity index (χ1) is 15.5. The van der Waals surface area contributed by atoms with Gasteiger partial charge in [-0.25, -0.2) is 9.50 Å². The molecule has 0 aliphatic carbocycles. The number of piperidine rings is 1. The van der Waals surface area contributed by atoms with Gasteiger partial charge in [0.05, 0.1) is 11.8 Å². The Labute approximate surface area is 190 Å². The summed E-state index contributed by atoms with van der Waals surface area (Å²) in [6.07, 6.45) is 4.79. The number of aryl methyl sites for hydroxylation is 1. The minimum atomic E-state index is -0.0307. The van der Waals surface area contributed by atoms with E-state index in [4.69, 9.17) is 10.5 Å². The van der Waals surface area contributed by atoms with Crippen molar-refractivity contribution >= 4 is 38.7 Å². The van der Waals surface area contributed by atoms with Crippen molar-refractivity contribution < 1.29 is 9.53 Å². The van der Waals surface area contributed by atoms with Crippen LogP contribution in [0.1, 0.15) is 30.0 Å². The normalized spacial score (nSPS) is 16.6. The first-order valence-electron chi connectivity index (χ1n) is 10.6. The van der Waals surface area contributed by atoms with E-state index in [2.05, 4.69) is 47.9 Å². The van der Waals surface area contributed by atoms with Crippen LogP contribution in [-0.2, 0) is 4.79 Å². The highest BCUT2D eigenvalue weighted by atomic mass is 32.1. The highest BCUT2D eigenvalue weighted by molar-refractivity contribution is 7.22. The molecule has 1 amide bonds. The third-order valence-electron chi connectivity index (χ3n) is 6.15. The molecule has 1 saturated heterocycles. The Hall–Kier alpha value is -3.39. The Balaban J connectivity index is 1.66. The Kier molecular flexibility index (Phi) is 5.09. The number of carbonyl (C=O) groups excluding carboxylic acids is 1. The highest BCUT2D eigenvalue weighted by Crippen LogP contribution is 2.43. The summed E-state index contributed by atoms with van der Waals surface area (Å²) in [4.78, 5) is 19.4. The lowest BCUT2D eigenvalue weighted by Gasteiger charge is -2.31. The molecule has 1 atom stereocenters. The maximum Gasteiger partial charge on any atom is 0.245 e. The van der Waals surface area contributed by atoms with Gasteiger partial charge in [-0.1, -0.05) is 12.6 Å². The van der Waals surface area contributed by atoms with E-state index in [9.17, 15) is 4.79 Å². The van der Waals surface area contributed by atoms with E-state index in [1.807, 2.05) is 9.42 Å². The van der Waals surface area contributed by atoms with E-state index < -0.39 is 0 Å². The van der Waals surface area contributed by atoms with Gasteiger partial charge in [-0.05, 0) is 55.0 Å². The fraction of sp³-hybridized carbons (Fsp3) is 0.292. The summed E-state index contributed by atoms with van der Waals surface area (Å²) in [5, 5.41) is 5.67. The quantitative estimate of drug-likeness (QED) is 0.469. The number of ether oxygens (including phenoxy) is 1. The molecule has 4 heterocycles. The lowest BCUT2D eigenvalue weighted by Crippen LogP contribution is -2.38. The molecule has 1 unspecified atom stereocenters. The number of nitrogens with two attached hydrogens (primary N) is 1. The molecule has 2 N–H and O–H groups in total. The lowest BCUT2D eigenvalue weighted by molar-refractivity contribution is -0.127. The summed E-state index contributed by atoms with van der Waals surface area (Å²) >= 11 is 1.68. The molecule has 1 fully saturated rings. The highest BCUT2D eigenvalue weighted by Gasteiger charge is 2.28. The zero-order valence-corrected chi connectivity index (χ0v) is 19.0. The van der Waals surface area contributed by atoms with Crippen molar-refractivity contribution in [3.8, 4) is 16.2 Å². The third-order valence-corrected chi connectivity index (χ3v) is 7.35. The van der Waals surface area contributed by atoms with E-state index in [1.165, 1.54) is 12.4 Å². The number of benzene rings is 1. The molecule has 1 aromatic carbocycles. The average Bonchev–Trinajstić information content (AvgIpc) is 3.40. The predicted octanol–water partition coefficient (Wildman–Crippen LogP) is 4.40. The van der Waals surface area contributed by atoms with Gasteiger partial charge in [0.2, 0.25) is 5.91 Å². The number of likely N-dealkylation sites (tertiary alicyclic amines) is 1. The zero-order valence-electron chi connectivity index (χ0n) is 18.2. The van der Waals surface area contributed by atoms with Gasteiger partial charge in [0, 0.05) is 35.1 Å². The van der Waals surface area contributed by atoms with Gasteiger partial charge in [0.1, 0.15) is 17.6 Å². The molecule has 4 aromatic rings. The Bertz CT molecular complexity index is 1360. The maximum absolute atomic E-state index is 12.2. The first kappa shape index (κ1) is 20.5. The van der Waals surface area contributed by atoms with Crippen molar-refractivity contribution in [3.05, 3.63) is 54.5 Å². The number of fused-ring (bicyclic) bond motifs is 2. The van der Waals surface area contributed by atoms with Gasteiger partial charge in [-0.15, -0.1) is 11.3 Å². The maximum atomic E-state index is 12.2. The molecular formula is C24H25N5O2S. The summed E-state index contributed by atoms with van der Waals surface area (Å²) in [5.41, 5.74) is 10.3. The molecule has 0 radical (unpaired) electrons. The zero-order chi connectivity index (χ0) is 22.4. The van der Waals surface area contributed by atoms with E-state index in [0.29, 0.717) is 12.4 Å². The molecule has 1 aliphatic rings. The predicted molar refractivity (Wildman–Crippen MR) is 128 cm³/mol. The minimum absolute atomic E-state index is 0.0307. The topological polar surface area (TPSA) is 85.8 Å². The van der Waals surface area contributed by atoms with Crippen LogP contribution in [0.3, 0.4) is 0 Å². The molecule has 3 aromatic heterocycles. The average molecular weight is 448 g/mol. The van der Waals surface area contributed by atoms with Gasteiger partial charge >= 0.3 is 0 Å². The van der Waals surface area contributed by atoms with Crippen LogP contribution in [0.4, 0.5) is 5.82 Å². The molecule has 8 heteroatoms. The van der Waals surface area contributed by atoms with Crippen molar-refractivity contribution in [2.24, 2.45) is 0 Å². The second-order valence-corrected chi connectivity index (χ2v) is 9.26. The molecule has 32 heavy (non-hydrogen) atoms. The molecule has 0 bridgehead atoms. The van der Waals surface area contributed by atoms with Crippen LogP contribution in [0.15, 0.2) is 43.2 Å². The molecule has 164 valence electrons. The van der Waals surface area contributed by atoms with Gasteiger partial charge < -0.3 is 15.4 Å². The van der Waals surface area contributed by atoms with Crippen LogP contribution in [0, 0.1) is 6.92 Å². The molecule has 1 aliphatic heterocycles. The van der Waals surface area contributed by atoms with Crippen LogP contribution >= 0.6 is 11.3 Å². The van der Waals surface area contributed by atoms with Crippen LogP contribution < -0.4 is 10.5 Å². The van der Waals surface area contributed by atoms with E-state index >= 15 is 0 Å². The summed E-state index contributed by atoms with van der Waals surface area (Å²) in [7, 11) is 1.70. The largest absolute Gasteiger partial charge is 0.495 e. The van der Waals surface area contributed by atoms with Gasteiger partial charge in [0.25, 0.3) is 0 Å².